The number of carbonyl (C=O) groups is 1. The lowest BCUT2D eigenvalue weighted by Gasteiger charge is -2.09. The molecule has 4 nitrogen and oxygen atoms in total. The molecule has 0 bridgehead atoms. The number of hydrogen-bond acceptors (Lipinski definition) is 3. The van der Waals surface area contributed by atoms with Gasteiger partial charge in [0.25, 0.3) is 0 Å². The topological polar surface area (TPSA) is 64.9 Å². The maximum atomic E-state index is 11.7. The van der Waals surface area contributed by atoms with Gasteiger partial charge in [-0.2, -0.15) is 17.0 Å². The molecule has 0 aliphatic heterocycles. The van der Waals surface area contributed by atoms with Gasteiger partial charge >= 0.3 is 6.03 Å². The molecular formula is C18H18ClN3OS. The Morgan fingerprint density at radius 2 is 1.79 bits per heavy atom. The second-order valence-electron chi connectivity index (χ2n) is 5.02. The third-order valence-corrected chi connectivity index (χ3v) is 4.70. The van der Waals surface area contributed by atoms with Crippen molar-refractivity contribution in [1.29, 1.82) is 5.26 Å². The Balaban J connectivity index is 1.63. The molecule has 0 aliphatic carbocycles. The van der Waals surface area contributed by atoms with Gasteiger partial charge in [-0.05, 0) is 23.3 Å². The summed E-state index contributed by atoms with van der Waals surface area (Å²) in [5.41, 5.74) is 2.61. The number of amides is 2. The molecule has 0 saturated carbocycles. The largest absolute Gasteiger partial charge is 0.337 e. The zero-order valence-electron chi connectivity index (χ0n) is 13.1. The normalized spacial score (nSPS) is 10.0. The van der Waals surface area contributed by atoms with E-state index in [4.69, 9.17) is 16.9 Å². The molecule has 2 amide bonds. The summed E-state index contributed by atoms with van der Waals surface area (Å²) in [5.74, 6) is 1.53. The zero-order valence-corrected chi connectivity index (χ0v) is 14.7. The van der Waals surface area contributed by atoms with Crippen LogP contribution in [0.25, 0.3) is 0 Å². The van der Waals surface area contributed by atoms with Crippen molar-refractivity contribution in [1.82, 2.24) is 10.6 Å². The molecule has 2 aromatic rings. The number of benzene rings is 2. The molecule has 0 aromatic heterocycles. The lowest BCUT2D eigenvalue weighted by molar-refractivity contribution is 0.241. The van der Waals surface area contributed by atoms with Crippen LogP contribution in [0, 0.1) is 11.3 Å². The van der Waals surface area contributed by atoms with Crippen molar-refractivity contribution in [3.8, 4) is 6.07 Å². The van der Waals surface area contributed by atoms with E-state index >= 15 is 0 Å². The van der Waals surface area contributed by atoms with Crippen LogP contribution in [0.5, 0.6) is 0 Å². The van der Waals surface area contributed by atoms with Gasteiger partial charge in [0.05, 0.1) is 11.6 Å². The van der Waals surface area contributed by atoms with Crippen molar-refractivity contribution < 1.29 is 4.79 Å². The highest BCUT2D eigenvalue weighted by molar-refractivity contribution is 7.98. The molecule has 2 N–H and O–H groups in total. The van der Waals surface area contributed by atoms with Gasteiger partial charge in [0.2, 0.25) is 0 Å². The fraction of sp³-hybridized carbons (Fsp3) is 0.222. The Hall–Kier alpha value is -2.16. The molecule has 24 heavy (non-hydrogen) atoms. The first kappa shape index (κ1) is 18.2. The smallest absolute Gasteiger partial charge is 0.315 e. The van der Waals surface area contributed by atoms with Crippen LogP contribution in [-0.4, -0.2) is 18.3 Å². The van der Waals surface area contributed by atoms with Crippen molar-refractivity contribution in [2.24, 2.45) is 0 Å². The Bertz CT molecular complexity index is 730. The Morgan fingerprint density at radius 1 is 1.08 bits per heavy atom. The van der Waals surface area contributed by atoms with Crippen LogP contribution in [0.1, 0.15) is 16.7 Å². The molecule has 0 spiro atoms. The molecule has 6 heteroatoms. The van der Waals surface area contributed by atoms with Gasteiger partial charge in [-0.15, -0.1) is 0 Å². The minimum absolute atomic E-state index is 0.215. The van der Waals surface area contributed by atoms with E-state index in [1.165, 1.54) is 0 Å². The second-order valence-corrected chi connectivity index (χ2v) is 6.53. The van der Waals surface area contributed by atoms with Crippen molar-refractivity contribution >= 4 is 29.4 Å². The van der Waals surface area contributed by atoms with Crippen molar-refractivity contribution in [3.63, 3.8) is 0 Å². The van der Waals surface area contributed by atoms with E-state index in [1.807, 2.05) is 42.5 Å². The molecule has 2 rings (SSSR count). The van der Waals surface area contributed by atoms with Gasteiger partial charge in [0, 0.05) is 29.6 Å². The van der Waals surface area contributed by atoms with Gasteiger partial charge in [0.1, 0.15) is 0 Å². The fourth-order valence-corrected chi connectivity index (χ4v) is 3.12. The van der Waals surface area contributed by atoms with Crippen molar-refractivity contribution in [3.05, 3.63) is 70.2 Å². The number of rotatable bonds is 7. The van der Waals surface area contributed by atoms with Crippen LogP contribution in [0.15, 0.2) is 48.5 Å². The van der Waals surface area contributed by atoms with Gasteiger partial charge < -0.3 is 10.6 Å². The van der Waals surface area contributed by atoms with Crippen LogP contribution in [-0.2, 0) is 12.3 Å². The molecule has 2 aromatic carbocycles. The van der Waals surface area contributed by atoms with Gasteiger partial charge in [-0.25, -0.2) is 4.79 Å². The number of halogens is 1. The standard InChI is InChI=1S/C18H18ClN3OS/c19-17-8-4-3-6-15(17)12-22-18(23)21-9-10-24-13-16-7-2-1-5-14(16)11-20/h1-8H,9-10,12-13H2,(H2,21,22,23). The SMILES string of the molecule is N#Cc1ccccc1CSCCNC(=O)NCc1ccccc1Cl. The molecular weight excluding hydrogens is 342 g/mol. The van der Waals surface area contributed by atoms with E-state index in [1.54, 1.807) is 17.8 Å². The van der Waals surface area contributed by atoms with Gasteiger partial charge in [-0.3, -0.25) is 0 Å². The predicted molar refractivity (Wildman–Crippen MR) is 99.0 cm³/mol. The summed E-state index contributed by atoms with van der Waals surface area (Å²) in [5, 5.41) is 15.3. The van der Waals surface area contributed by atoms with Crippen LogP contribution in [0.3, 0.4) is 0 Å². The monoisotopic (exact) mass is 359 g/mol. The van der Waals surface area contributed by atoms with E-state index in [9.17, 15) is 4.79 Å². The minimum atomic E-state index is -0.215. The number of thioether (sulfide) groups is 1. The first-order valence-electron chi connectivity index (χ1n) is 7.51. The maximum Gasteiger partial charge on any atom is 0.315 e. The molecule has 0 radical (unpaired) electrons. The Kier molecular flexibility index (Phi) is 7.47. The van der Waals surface area contributed by atoms with Crippen molar-refractivity contribution in [2.75, 3.05) is 12.3 Å². The molecule has 0 saturated heterocycles. The van der Waals surface area contributed by atoms with Crippen LogP contribution < -0.4 is 10.6 Å². The third-order valence-electron chi connectivity index (χ3n) is 3.32. The number of urea groups is 1. The molecule has 0 fully saturated rings. The summed E-state index contributed by atoms with van der Waals surface area (Å²) >= 11 is 7.72. The minimum Gasteiger partial charge on any atom is -0.337 e. The molecule has 0 unspecified atom stereocenters. The number of nitriles is 1. The molecule has 0 atom stereocenters. The Labute approximate surface area is 151 Å². The first-order valence-corrected chi connectivity index (χ1v) is 9.05. The van der Waals surface area contributed by atoms with Gasteiger partial charge in [0.15, 0.2) is 0 Å². The van der Waals surface area contributed by atoms with Crippen LogP contribution >= 0.6 is 23.4 Å². The van der Waals surface area contributed by atoms with E-state index in [2.05, 4.69) is 16.7 Å². The van der Waals surface area contributed by atoms with Crippen LogP contribution in [0.2, 0.25) is 5.02 Å². The van der Waals surface area contributed by atoms with E-state index < -0.39 is 0 Å². The molecule has 124 valence electrons. The predicted octanol–water partition coefficient (Wildman–Crippen LogP) is 3.94. The third kappa shape index (κ3) is 5.80. The summed E-state index contributed by atoms with van der Waals surface area (Å²) in [6, 6.07) is 16.9. The van der Waals surface area contributed by atoms with Gasteiger partial charge in [-0.1, -0.05) is 48.0 Å². The fourth-order valence-electron chi connectivity index (χ4n) is 2.05. The van der Waals surface area contributed by atoms with Crippen LogP contribution in [0.4, 0.5) is 4.79 Å². The lowest BCUT2D eigenvalue weighted by Crippen LogP contribution is -2.36. The summed E-state index contributed by atoms with van der Waals surface area (Å²) < 4.78 is 0. The highest BCUT2D eigenvalue weighted by atomic mass is 35.5. The summed E-state index contributed by atoms with van der Waals surface area (Å²) in [7, 11) is 0. The first-order chi connectivity index (χ1) is 11.7. The average Bonchev–Trinajstić information content (AvgIpc) is 2.61. The summed E-state index contributed by atoms with van der Waals surface area (Å²) in [6.45, 7) is 0.960. The van der Waals surface area contributed by atoms with E-state index in [0.29, 0.717) is 23.7 Å². The molecule has 0 heterocycles. The number of nitrogens with one attached hydrogen (secondary N) is 2. The zero-order chi connectivity index (χ0) is 17.2. The highest BCUT2D eigenvalue weighted by Crippen LogP contribution is 2.15. The quantitative estimate of drug-likeness (QED) is 0.736. The highest BCUT2D eigenvalue weighted by Gasteiger charge is 2.03. The maximum absolute atomic E-state index is 11.7. The lowest BCUT2D eigenvalue weighted by atomic mass is 10.1. The number of nitrogens with zero attached hydrogens (tertiary/aromatic N) is 1. The summed E-state index contributed by atoms with van der Waals surface area (Å²) in [6.07, 6.45) is 0. The second kappa shape index (κ2) is 9.86. The number of hydrogen-bond donors (Lipinski definition) is 2. The average molecular weight is 360 g/mol. The Morgan fingerprint density at radius 3 is 2.54 bits per heavy atom. The van der Waals surface area contributed by atoms with E-state index in [0.717, 1.165) is 22.6 Å². The van der Waals surface area contributed by atoms with E-state index in [-0.39, 0.29) is 6.03 Å². The number of carbonyl (C=O) groups excluding carboxylic acids is 1. The van der Waals surface area contributed by atoms with Crippen molar-refractivity contribution in [2.45, 2.75) is 12.3 Å². The summed E-state index contributed by atoms with van der Waals surface area (Å²) in [4.78, 5) is 11.7. The molecule has 0 aliphatic rings.